The van der Waals surface area contributed by atoms with E-state index in [4.69, 9.17) is 14.2 Å². The second kappa shape index (κ2) is 7.08. The molecule has 158 valence electrons. The van der Waals surface area contributed by atoms with E-state index in [9.17, 15) is 14.4 Å². The topological polar surface area (TPSA) is 101 Å². The zero-order valence-electron chi connectivity index (χ0n) is 17.4. The van der Waals surface area contributed by atoms with E-state index in [-0.39, 0.29) is 12.9 Å². The Balaban J connectivity index is 2.01. The van der Waals surface area contributed by atoms with E-state index in [2.05, 4.69) is 5.32 Å². The summed E-state index contributed by atoms with van der Waals surface area (Å²) in [5, 5.41) is 3.07. The van der Waals surface area contributed by atoms with Gasteiger partial charge >= 0.3 is 11.7 Å². The normalized spacial score (nSPS) is 17.1. The summed E-state index contributed by atoms with van der Waals surface area (Å²) in [6.45, 7) is 5.35. The number of anilines is 1. The lowest BCUT2D eigenvalue weighted by Gasteiger charge is -2.31. The minimum atomic E-state index is -0.743. The number of nitrogens with zero attached hydrogens (tertiary/aromatic N) is 2. The summed E-state index contributed by atoms with van der Waals surface area (Å²) in [4.78, 5) is 38.7. The van der Waals surface area contributed by atoms with E-state index in [0.717, 1.165) is 4.57 Å². The molecule has 0 fully saturated rings. The van der Waals surface area contributed by atoms with Gasteiger partial charge in [0, 0.05) is 19.8 Å². The highest BCUT2D eigenvalue weighted by Crippen LogP contribution is 2.43. The van der Waals surface area contributed by atoms with E-state index in [1.54, 1.807) is 46.0 Å². The van der Waals surface area contributed by atoms with Crippen molar-refractivity contribution in [2.45, 2.75) is 32.8 Å². The van der Waals surface area contributed by atoms with Gasteiger partial charge in [-0.2, -0.15) is 0 Å². The number of hydrogen-bond donors (Lipinski definition) is 1. The van der Waals surface area contributed by atoms with Crippen LogP contribution in [0.1, 0.15) is 37.8 Å². The molecule has 0 spiro atoms. The van der Waals surface area contributed by atoms with Crippen LogP contribution in [-0.4, -0.2) is 28.0 Å². The first-order valence-corrected chi connectivity index (χ1v) is 9.59. The highest BCUT2D eigenvalue weighted by atomic mass is 16.7. The number of ether oxygens (including phenoxy) is 3. The average molecular weight is 413 g/mol. The molecule has 1 atom stereocenters. The molecular weight excluding hydrogens is 390 g/mol. The smallest absolute Gasteiger partial charge is 0.337 e. The lowest BCUT2D eigenvalue weighted by Crippen LogP contribution is -2.43. The number of hydrogen-bond acceptors (Lipinski definition) is 7. The summed E-state index contributed by atoms with van der Waals surface area (Å²) in [7, 11) is 2.99. The highest BCUT2D eigenvalue weighted by molar-refractivity contribution is 5.94. The first-order chi connectivity index (χ1) is 14.2. The largest absolute Gasteiger partial charge is 0.460 e. The Hall–Kier alpha value is -3.49. The summed E-state index contributed by atoms with van der Waals surface area (Å²) in [5.74, 6) is 0.202. The molecule has 0 amide bonds. The molecule has 1 aromatic carbocycles. The number of carbonyl (C=O) groups excluding carboxylic acids is 1. The lowest BCUT2D eigenvalue weighted by molar-refractivity contribution is -0.143. The zero-order chi connectivity index (χ0) is 21.7. The quantitative estimate of drug-likeness (QED) is 0.763. The summed E-state index contributed by atoms with van der Waals surface area (Å²) < 4.78 is 18.8. The molecule has 2 aliphatic heterocycles. The van der Waals surface area contributed by atoms with Crippen molar-refractivity contribution in [3.05, 3.63) is 61.4 Å². The number of allylic oxidation sites excluding steroid dienone is 1. The van der Waals surface area contributed by atoms with Gasteiger partial charge in [-0.1, -0.05) is 6.07 Å². The molecule has 9 heteroatoms. The van der Waals surface area contributed by atoms with Gasteiger partial charge in [0.15, 0.2) is 11.5 Å². The number of aromatic nitrogens is 2. The number of benzene rings is 1. The first-order valence-electron chi connectivity index (χ1n) is 9.59. The zero-order valence-corrected chi connectivity index (χ0v) is 17.4. The molecule has 30 heavy (non-hydrogen) atoms. The molecule has 0 bridgehead atoms. The third-order valence-corrected chi connectivity index (χ3v) is 5.28. The Morgan fingerprint density at radius 1 is 1.17 bits per heavy atom. The van der Waals surface area contributed by atoms with Gasteiger partial charge in [0.1, 0.15) is 5.82 Å². The van der Waals surface area contributed by atoms with Gasteiger partial charge in [0.2, 0.25) is 6.79 Å². The maximum atomic E-state index is 13.2. The summed E-state index contributed by atoms with van der Waals surface area (Å²) in [5.41, 5.74) is 0.833. The maximum Gasteiger partial charge on any atom is 0.337 e. The predicted molar refractivity (Wildman–Crippen MR) is 109 cm³/mol. The fraction of sp³-hybridized carbons (Fsp3) is 0.381. The molecule has 1 aromatic heterocycles. The van der Waals surface area contributed by atoms with Crippen LogP contribution < -0.4 is 26.0 Å². The monoisotopic (exact) mass is 413 g/mol. The number of esters is 1. The highest BCUT2D eigenvalue weighted by Gasteiger charge is 2.38. The van der Waals surface area contributed by atoms with E-state index >= 15 is 0 Å². The van der Waals surface area contributed by atoms with E-state index in [1.807, 2.05) is 0 Å². The Labute approximate surface area is 172 Å². The fourth-order valence-electron chi connectivity index (χ4n) is 3.86. The average Bonchev–Trinajstić information content (AvgIpc) is 3.16. The van der Waals surface area contributed by atoms with Gasteiger partial charge in [-0.3, -0.25) is 13.9 Å². The molecule has 4 rings (SSSR count). The van der Waals surface area contributed by atoms with Crippen molar-refractivity contribution in [3.63, 3.8) is 0 Å². The van der Waals surface area contributed by atoms with Gasteiger partial charge in [-0.25, -0.2) is 9.59 Å². The van der Waals surface area contributed by atoms with Crippen molar-refractivity contribution < 1.29 is 19.0 Å². The minimum absolute atomic E-state index is 0.106. The fourth-order valence-corrected chi connectivity index (χ4v) is 3.86. The van der Waals surface area contributed by atoms with E-state index in [1.165, 1.54) is 11.6 Å². The van der Waals surface area contributed by atoms with Crippen LogP contribution in [0.5, 0.6) is 11.5 Å². The summed E-state index contributed by atoms with van der Waals surface area (Å²) in [6.07, 6.45) is -0.334. The Bertz CT molecular complexity index is 1200. The molecule has 3 heterocycles. The number of nitrogens with one attached hydrogen (secondary N) is 1. The molecule has 1 N–H and O–H groups in total. The van der Waals surface area contributed by atoms with Crippen molar-refractivity contribution in [2.75, 3.05) is 12.1 Å². The van der Waals surface area contributed by atoms with Crippen molar-refractivity contribution in [1.29, 1.82) is 0 Å². The second-order valence-electron chi connectivity index (χ2n) is 7.63. The van der Waals surface area contributed by atoms with Gasteiger partial charge in [-0.15, -0.1) is 0 Å². The number of fused-ring (bicyclic) bond motifs is 2. The molecule has 0 saturated carbocycles. The minimum Gasteiger partial charge on any atom is -0.460 e. The van der Waals surface area contributed by atoms with Gasteiger partial charge in [0.05, 0.1) is 23.2 Å². The molecule has 0 unspecified atom stereocenters. The maximum absolute atomic E-state index is 13.2. The van der Waals surface area contributed by atoms with E-state index in [0.29, 0.717) is 39.7 Å². The Morgan fingerprint density at radius 2 is 1.87 bits per heavy atom. The van der Waals surface area contributed by atoms with Crippen molar-refractivity contribution in [2.24, 2.45) is 14.1 Å². The molecule has 0 radical (unpaired) electrons. The van der Waals surface area contributed by atoms with Crippen LogP contribution in [0.15, 0.2) is 39.1 Å². The number of rotatable bonds is 3. The Morgan fingerprint density at radius 3 is 2.57 bits per heavy atom. The van der Waals surface area contributed by atoms with Crippen LogP contribution >= 0.6 is 0 Å². The van der Waals surface area contributed by atoms with Crippen LogP contribution in [0.2, 0.25) is 0 Å². The standard InChI is InChI=1S/C21H23N3O6/c1-10(2)30-20(26)15-11(3)22-18-17(19(25)24(5)21(27)23(18)4)16(15)12-6-7-13-14(8-12)29-9-28-13/h6-8,10,16,22H,9H2,1-5H3/t16-/m0/s1. The van der Waals surface area contributed by atoms with Crippen LogP contribution in [0, 0.1) is 0 Å². The van der Waals surface area contributed by atoms with Crippen molar-refractivity contribution >= 4 is 11.8 Å². The van der Waals surface area contributed by atoms with Crippen molar-refractivity contribution in [3.8, 4) is 11.5 Å². The van der Waals surface area contributed by atoms with Crippen molar-refractivity contribution in [1.82, 2.24) is 9.13 Å². The lowest BCUT2D eigenvalue weighted by atomic mass is 9.82. The summed E-state index contributed by atoms with van der Waals surface area (Å²) in [6, 6.07) is 5.28. The SMILES string of the molecule is CC1=C(C(=O)OC(C)C)[C@H](c2ccc3c(c2)OCO3)c2c(n(C)c(=O)n(C)c2=O)N1. The molecule has 2 aliphatic rings. The van der Waals surface area contributed by atoms with Gasteiger partial charge < -0.3 is 19.5 Å². The first kappa shape index (κ1) is 19.8. The van der Waals surface area contributed by atoms with Gasteiger partial charge in [-0.05, 0) is 38.5 Å². The molecule has 0 aliphatic carbocycles. The summed E-state index contributed by atoms with van der Waals surface area (Å²) >= 11 is 0. The van der Waals surface area contributed by atoms with Crippen LogP contribution in [-0.2, 0) is 23.6 Å². The molecule has 2 aromatic rings. The Kier molecular flexibility index (Phi) is 4.68. The van der Waals surface area contributed by atoms with Crippen LogP contribution in [0.25, 0.3) is 0 Å². The molecule has 9 nitrogen and oxygen atoms in total. The molecule has 0 saturated heterocycles. The number of carbonyl (C=O) groups is 1. The van der Waals surface area contributed by atoms with Crippen LogP contribution in [0.4, 0.5) is 5.82 Å². The third-order valence-electron chi connectivity index (χ3n) is 5.28. The van der Waals surface area contributed by atoms with Gasteiger partial charge in [0.25, 0.3) is 5.56 Å². The predicted octanol–water partition coefficient (Wildman–Crippen LogP) is 1.60. The second-order valence-corrected chi connectivity index (χ2v) is 7.63. The van der Waals surface area contributed by atoms with Crippen LogP contribution in [0.3, 0.4) is 0 Å². The van der Waals surface area contributed by atoms with E-state index < -0.39 is 23.1 Å². The third kappa shape index (κ3) is 2.97. The molecular formula is C21H23N3O6.